The summed E-state index contributed by atoms with van der Waals surface area (Å²) in [5.74, 6) is 1.65. The van der Waals surface area contributed by atoms with Gasteiger partial charge in [-0.15, -0.1) is 0 Å². The van der Waals surface area contributed by atoms with Crippen LogP contribution in [0.3, 0.4) is 0 Å². The molecule has 3 aromatic rings. The third kappa shape index (κ3) is 3.65. The number of hydrogen-bond donors (Lipinski definition) is 0. The molecular formula is C24H28N2O2. The Kier molecular flexibility index (Phi) is 5.40. The van der Waals surface area contributed by atoms with Gasteiger partial charge in [0, 0.05) is 37.6 Å². The van der Waals surface area contributed by atoms with Crippen molar-refractivity contribution in [2.75, 3.05) is 20.8 Å². The third-order valence-corrected chi connectivity index (χ3v) is 5.68. The first-order chi connectivity index (χ1) is 13.7. The molecule has 1 aliphatic rings. The molecule has 0 N–H and O–H groups in total. The third-order valence-electron chi connectivity index (χ3n) is 5.68. The quantitative estimate of drug-likeness (QED) is 0.639. The molecule has 0 bridgehead atoms. The van der Waals surface area contributed by atoms with E-state index in [9.17, 15) is 0 Å². The van der Waals surface area contributed by atoms with Crippen molar-refractivity contribution in [3.05, 3.63) is 83.2 Å². The van der Waals surface area contributed by atoms with Gasteiger partial charge >= 0.3 is 0 Å². The summed E-state index contributed by atoms with van der Waals surface area (Å²) in [4.78, 5) is 2.58. The number of nitrogens with zero attached hydrogens (tertiary/aromatic N) is 2. The zero-order chi connectivity index (χ0) is 19.5. The summed E-state index contributed by atoms with van der Waals surface area (Å²) in [6.45, 7) is 5.20. The highest BCUT2D eigenvalue weighted by Gasteiger charge is 2.28. The number of fused-ring (bicyclic) bond motifs is 1. The first-order valence-corrected chi connectivity index (χ1v) is 9.86. The molecular weight excluding hydrogens is 348 g/mol. The van der Waals surface area contributed by atoms with Crippen LogP contribution in [0.2, 0.25) is 0 Å². The maximum Gasteiger partial charge on any atom is 0.122 e. The fourth-order valence-electron chi connectivity index (χ4n) is 4.18. The molecule has 2 aromatic carbocycles. The van der Waals surface area contributed by atoms with E-state index in [0.717, 1.165) is 37.6 Å². The number of aryl methyl sites for hydroxylation is 2. The number of rotatable bonds is 5. The van der Waals surface area contributed by atoms with Crippen LogP contribution in [0.1, 0.15) is 34.8 Å². The molecule has 0 amide bonds. The minimum Gasteiger partial charge on any atom is -0.497 e. The Morgan fingerprint density at radius 3 is 2.39 bits per heavy atom. The van der Waals surface area contributed by atoms with Gasteiger partial charge in [-0.05, 0) is 54.3 Å². The van der Waals surface area contributed by atoms with Crippen LogP contribution in [0.25, 0.3) is 0 Å². The predicted molar refractivity (Wildman–Crippen MR) is 112 cm³/mol. The highest BCUT2D eigenvalue weighted by atomic mass is 16.5. The molecule has 4 rings (SSSR count). The Balaban J connectivity index is 1.80. The van der Waals surface area contributed by atoms with Crippen molar-refractivity contribution >= 4 is 0 Å². The summed E-state index contributed by atoms with van der Waals surface area (Å²) in [6.07, 6.45) is 3.32. The molecule has 0 fully saturated rings. The Morgan fingerprint density at radius 2 is 1.68 bits per heavy atom. The van der Waals surface area contributed by atoms with Crippen LogP contribution >= 0.6 is 0 Å². The zero-order valence-electron chi connectivity index (χ0n) is 16.9. The molecule has 0 unspecified atom stereocenters. The molecule has 1 atom stereocenters. The van der Waals surface area contributed by atoms with Gasteiger partial charge < -0.3 is 14.0 Å². The van der Waals surface area contributed by atoms with Gasteiger partial charge in [-0.3, -0.25) is 4.90 Å². The molecule has 0 saturated carbocycles. The topological polar surface area (TPSA) is 26.6 Å². The first-order valence-electron chi connectivity index (χ1n) is 9.86. The Labute approximate surface area is 167 Å². The second kappa shape index (κ2) is 8.11. The van der Waals surface area contributed by atoms with Crippen LogP contribution in [0.5, 0.6) is 11.5 Å². The lowest BCUT2D eigenvalue weighted by Crippen LogP contribution is -2.29. The maximum absolute atomic E-state index is 5.56. The van der Waals surface area contributed by atoms with Crippen molar-refractivity contribution in [3.63, 3.8) is 0 Å². The Hall–Kier alpha value is -2.72. The Bertz CT molecular complexity index is 925. The number of benzene rings is 2. The van der Waals surface area contributed by atoms with E-state index in [1.807, 2.05) is 6.07 Å². The van der Waals surface area contributed by atoms with Crippen LogP contribution < -0.4 is 9.47 Å². The fraction of sp³-hybridized carbons (Fsp3) is 0.333. The SMILES string of the molecule is COc1cc(OC)cc([C@@H]2c3cccn3CCCN2Cc2ccccc2C)c1. The monoisotopic (exact) mass is 376 g/mol. The highest BCUT2D eigenvalue weighted by Crippen LogP contribution is 2.36. The predicted octanol–water partition coefficient (Wildman–Crippen LogP) is 4.81. The summed E-state index contributed by atoms with van der Waals surface area (Å²) < 4.78 is 13.5. The summed E-state index contributed by atoms with van der Waals surface area (Å²) in [6, 6.07) is 19.4. The maximum atomic E-state index is 5.56. The van der Waals surface area contributed by atoms with Crippen molar-refractivity contribution < 1.29 is 9.47 Å². The lowest BCUT2D eigenvalue weighted by atomic mass is 9.99. The lowest BCUT2D eigenvalue weighted by molar-refractivity contribution is 0.219. The van der Waals surface area contributed by atoms with Gasteiger partial charge in [0.1, 0.15) is 11.5 Å². The van der Waals surface area contributed by atoms with Gasteiger partial charge in [-0.25, -0.2) is 0 Å². The number of aromatic nitrogens is 1. The van der Waals surface area contributed by atoms with E-state index in [-0.39, 0.29) is 6.04 Å². The second-order valence-corrected chi connectivity index (χ2v) is 7.43. The minimum absolute atomic E-state index is 0.154. The molecule has 1 aliphatic heterocycles. The molecule has 2 heterocycles. The summed E-state index contributed by atoms with van der Waals surface area (Å²) in [5, 5.41) is 0. The van der Waals surface area contributed by atoms with E-state index in [1.54, 1.807) is 14.2 Å². The van der Waals surface area contributed by atoms with Crippen LogP contribution in [0.15, 0.2) is 60.8 Å². The van der Waals surface area contributed by atoms with Gasteiger partial charge in [0.2, 0.25) is 0 Å². The normalized spacial score (nSPS) is 17.0. The van der Waals surface area contributed by atoms with Gasteiger partial charge in [0.15, 0.2) is 0 Å². The van der Waals surface area contributed by atoms with E-state index in [0.29, 0.717) is 0 Å². The van der Waals surface area contributed by atoms with Crippen LogP contribution in [0, 0.1) is 6.92 Å². The van der Waals surface area contributed by atoms with Crippen LogP contribution in [0.4, 0.5) is 0 Å². The van der Waals surface area contributed by atoms with E-state index in [2.05, 4.69) is 71.1 Å². The van der Waals surface area contributed by atoms with E-state index in [1.165, 1.54) is 22.4 Å². The first kappa shape index (κ1) is 18.6. The highest BCUT2D eigenvalue weighted by molar-refractivity contribution is 5.43. The minimum atomic E-state index is 0.154. The van der Waals surface area contributed by atoms with Crippen molar-refractivity contribution in [2.24, 2.45) is 0 Å². The average Bonchev–Trinajstić information content (AvgIpc) is 3.10. The number of ether oxygens (including phenoxy) is 2. The molecule has 0 saturated heterocycles. The van der Waals surface area contributed by atoms with Gasteiger partial charge in [0.25, 0.3) is 0 Å². The molecule has 0 aliphatic carbocycles. The summed E-state index contributed by atoms with van der Waals surface area (Å²) in [7, 11) is 3.42. The van der Waals surface area contributed by atoms with Crippen LogP contribution in [-0.2, 0) is 13.1 Å². The van der Waals surface area contributed by atoms with Gasteiger partial charge in [-0.2, -0.15) is 0 Å². The van der Waals surface area contributed by atoms with Crippen LogP contribution in [-0.4, -0.2) is 30.2 Å². The summed E-state index contributed by atoms with van der Waals surface area (Å²) in [5.41, 5.74) is 5.24. The van der Waals surface area contributed by atoms with E-state index in [4.69, 9.17) is 9.47 Å². The molecule has 0 radical (unpaired) electrons. The molecule has 4 heteroatoms. The average molecular weight is 377 g/mol. The number of methoxy groups -OCH3 is 2. The van der Waals surface area contributed by atoms with Crippen molar-refractivity contribution in [1.82, 2.24) is 9.47 Å². The largest absolute Gasteiger partial charge is 0.497 e. The zero-order valence-corrected chi connectivity index (χ0v) is 16.9. The molecule has 1 aromatic heterocycles. The van der Waals surface area contributed by atoms with Gasteiger partial charge in [-0.1, -0.05) is 24.3 Å². The van der Waals surface area contributed by atoms with E-state index >= 15 is 0 Å². The van der Waals surface area contributed by atoms with Crippen molar-refractivity contribution in [3.8, 4) is 11.5 Å². The van der Waals surface area contributed by atoms with E-state index < -0.39 is 0 Å². The van der Waals surface area contributed by atoms with Crippen molar-refractivity contribution in [1.29, 1.82) is 0 Å². The molecule has 28 heavy (non-hydrogen) atoms. The molecule has 0 spiro atoms. The lowest BCUT2D eigenvalue weighted by Gasteiger charge is -2.31. The van der Waals surface area contributed by atoms with Gasteiger partial charge in [0.05, 0.1) is 20.3 Å². The van der Waals surface area contributed by atoms with Crippen molar-refractivity contribution in [2.45, 2.75) is 32.5 Å². The fourth-order valence-corrected chi connectivity index (χ4v) is 4.18. The number of hydrogen-bond acceptors (Lipinski definition) is 3. The Morgan fingerprint density at radius 1 is 0.929 bits per heavy atom. The molecule has 146 valence electrons. The summed E-state index contributed by atoms with van der Waals surface area (Å²) >= 11 is 0. The smallest absolute Gasteiger partial charge is 0.122 e. The standard InChI is InChI=1S/C24H28N2O2/c1-18-8-4-5-9-19(18)17-26-13-7-12-25-11-6-10-23(25)24(26)20-14-21(27-2)16-22(15-20)28-3/h4-6,8-11,14-16,24H,7,12-13,17H2,1-3H3/t24-/m1/s1. The second-order valence-electron chi connectivity index (χ2n) is 7.43. The molecule has 4 nitrogen and oxygen atoms in total.